The van der Waals surface area contributed by atoms with Gasteiger partial charge in [-0.3, -0.25) is 13.5 Å². The summed E-state index contributed by atoms with van der Waals surface area (Å²) in [4.78, 5) is 13.4. The van der Waals surface area contributed by atoms with E-state index in [1.54, 1.807) is 7.11 Å². The Morgan fingerprint density at radius 3 is 2.40 bits per heavy atom. The number of methoxy groups -OCH3 is 1. The topological polar surface area (TPSA) is 99.3 Å². The van der Waals surface area contributed by atoms with Crippen molar-refractivity contribution < 1.29 is 32.2 Å². The molecule has 0 fully saturated rings. The highest BCUT2D eigenvalue weighted by molar-refractivity contribution is 7.74. The summed E-state index contributed by atoms with van der Waals surface area (Å²) in [6.07, 6.45) is 18.9. The number of allylic oxidation sites excluding steroid dienone is 8. The number of carbonyl (C=O) groups is 1. The van der Waals surface area contributed by atoms with E-state index in [1.165, 1.54) is 33.8 Å². The van der Waals surface area contributed by atoms with Crippen molar-refractivity contribution in [3.63, 3.8) is 0 Å². The number of benzene rings is 2. The summed E-state index contributed by atoms with van der Waals surface area (Å²) in [5.41, 5.74) is 8.17. The smallest absolute Gasteiger partial charge is 0.303 e. The molecule has 0 spiro atoms. The fourth-order valence-corrected chi connectivity index (χ4v) is 7.02. The van der Waals surface area contributed by atoms with Crippen molar-refractivity contribution in [3.8, 4) is 5.75 Å². The largest absolute Gasteiger partial charge is 0.497 e. The number of aliphatic carboxylic acids is 1. The van der Waals surface area contributed by atoms with Crippen molar-refractivity contribution in [2.75, 3.05) is 31.7 Å². The molecular weight excluding hydrogens is 625 g/mol. The Kier molecular flexibility index (Phi) is 12.8. The van der Waals surface area contributed by atoms with E-state index in [0.29, 0.717) is 12.8 Å². The number of unbranched alkanes of at least 4 members (excludes halogenated alkanes) is 3. The number of nitrogens with zero attached hydrogens (tertiary/aromatic N) is 2. The Labute approximate surface area is 288 Å². The molecule has 2 aromatic rings. The Morgan fingerprint density at radius 2 is 1.67 bits per heavy atom. The summed E-state index contributed by atoms with van der Waals surface area (Å²) in [5, 5.41) is 9.01. The quantitative estimate of drug-likeness (QED) is 0.0753. The van der Waals surface area contributed by atoms with Crippen LogP contribution in [0.15, 0.2) is 84.6 Å². The van der Waals surface area contributed by atoms with Gasteiger partial charge < -0.3 is 14.7 Å². The molecule has 4 rings (SSSR count). The molecule has 0 saturated heterocycles. The zero-order chi connectivity index (χ0) is 34.9. The van der Waals surface area contributed by atoms with E-state index in [4.69, 9.17) is 18.6 Å². The molecule has 8 nitrogen and oxygen atoms in total. The lowest BCUT2D eigenvalue weighted by molar-refractivity contribution is -0.438. The van der Waals surface area contributed by atoms with Gasteiger partial charge in [0, 0.05) is 53.9 Å². The number of anilines is 1. The van der Waals surface area contributed by atoms with E-state index < -0.39 is 17.3 Å². The molecule has 2 heterocycles. The van der Waals surface area contributed by atoms with Crippen LogP contribution in [0.1, 0.15) is 82.9 Å². The van der Waals surface area contributed by atoms with Crippen molar-refractivity contribution in [2.45, 2.75) is 84.0 Å². The summed E-state index contributed by atoms with van der Waals surface area (Å²) in [6.45, 7) is 13.0. The molecular formula is C39H51N2O6S+. The third-order valence-electron chi connectivity index (χ3n) is 9.33. The maximum atomic E-state index is 11.0. The maximum absolute atomic E-state index is 11.0. The number of hydrogen-bond acceptors (Lipinski definition) is 5. The van der Waals surface area contributed by atoms with Crippen LogP contribution >= 0.6 is 0 Å². The standard InChI is InChI=1S/C39H50N2O6S/c1-29-20-22-33-31(27-29)38(2,3)35(40(33)24-14-10-13-19-37(42)43)17-11-8-7-9-12-18-36-39(4,5)32-28-30(46-6)21-23-34(32)41(36)25-15-16-26-47-48(44)45/h7-9,11-12,17-18,20-23,27-28H,10,13-16,19,24-26H2,1-6H3,(H-,42,43,44,45)/p+1. The average molecular weight is 676 g/mol. The lowest BCUT2D eigenvalue weighted by Crippen LogP contribution is -2.28. The van der Waals surface area contributed by atoms with Crippen molar-refractivity contribution in [1.29, 1.82) is 0 Å². The first-order valence-electron chi connectivity index (χ1n) is 16.8. The number of rotatable bonds is 17. The summed E-state index contributed by atoms with van der Waals surface area (Å²) < 4.78 is 32.4. The van der Waals surface area contributed by atoms with Crippen LogP contribution in [-0.2, 0) is 31.2 Å². The molecule has 1 atom stereocenters. The van der Waals surface area contributed by atoms with Gasteiger partial charge >= 0.3 is 17.3 Å². The Hall–Kier alpha value is -3.79. The second kappa shape index (κ2) is 16.5. The van der Waals surface area contributed by atoms with Gasteiger partial charge in [0.2, 0.25) is 5.69 Å². The van der Waals surface area contributed by atoms with E-state index in [1.807, 2.05) is 18.2 Å². The fourth-order valence-electron chi connectivity index (χ4n) is 6.76. The van der Waals surface area contributed by atoms with Gasteiger partial charge in [-0.05, 0) is 69.9 Å². The second-order valence-corrected chi connectivity index (χ2v) is 14.1. The van der Waals surface area contributed by atoms with Crippen molar-refractivity contribution in [1.82, 2.24) is 0 Å². The summed E-state index contributed by atoms with van der Waals surface area (Å²) in [7, 11) is 1.68. The molecule has 1 unspecified atom stereocenters. The van der Waals surface area contributed by atoms with Crippen LogP contribution < -0.4 is 9.64 Å². The highest BCUT2D eigenvalue weighted by atomic mass is 32.2. The minimum Gasteiger partial charge on any atom is -0.497 e. The van der Waals surface area contributed by atoms with Crippen molar-refractivity contribution >= 4 is 34.4 Å². The van der Waals surface area contributed by atoms with Crippen LogP contribution in [0.25, 0.3) is 0 Å². The Bertz CT molecular complexity index is 1650. The molecule has 48 heavy (non-hydrogen) atoms. The molecule has 258 valence electrons. The van der Waals surface area contributed by atoms with Gasteiger partial charge in [0.1, 0.15) is 12.3 Å². The van der Waals surface area contributed by atoms with Crippen LogP contribution in [0.4, 0.5) is 11.4 Å². The highest BCUT2D eigenvalue weighted by Gasteiger charge is 2.44. The zero-order valence-corrected chi connectivity index (χ0v) is 30.0. The zero-order valence-electron chi connectivity index (χ0n) is 29.2. The summed E-state index contributed by atoms with van der Waals surface area (Å²) in [5.74, 6) is 0.0900. The van der Waals surface area contributed by atoms with Gasteiger partial charge in [0.05, 0.1) is 19.1 Å². The van der Waals surface area contributed by atoms with Gasteiger partial charge in [-0.1, -0.05) is 68.3 Å². The van der Waals surface area contributed by atoms with E-state index in [-0.39, 0.29) is 23.9 Å². The number of fused-ring (bicyclic) bond motifs is 2. The molecule has 0 bridgehead atoms. The SMILES string of the molecule is COc1ccc2c(c1)C(C)(C)C(C=CC=CC=CC=C1N(CCCCCC(=O)O)c3ccc(C)cc3C1(C)C)=[N+]2CCCCOS(=O)O. The Morgan fingerprint density at radius 1 is 0.917 bits per heavy atom. The molecule has 0 aromatic heterocycles. The molecule has 9 heteroatoms. The molecule has 2 N–H and O–H groups in total. The van der Waals surface area contributed by atoms with Crippen LogP contribution in [-0.4, -0.2) is 56.9 Å². The third kappa shape index (κ3) is 8.81. The van der Waals surface area contributed by atoms with Gasteiger partial charge in [-0.15, -0.1) is 0 Å². The van der Waals surface area contributed by atoms with Gasteiger partial charge in [0.25, 0.3) is 0 Å². The average Bonchev–Trinajstić information content (AvgIpc) is 3.37. The monoisotopic (exact) mass is 675 g/mol. The highest BCUT2D eigenvalue weighted by Crippen LogP contribution is 2.48. The molecule has 0 amide bonds. The number of ether oxygens (including phenoxy) is 1. The predicted molar refractivity (Wildman–Crippen MR) is 195 cm³/mol. The minimum absolute atomic E-state index is 0.149. The van der Waals surface area contributed by atoms with Crippen LogP contribution in [0, 0.1) is 6.92 Å². The van der Waals surface area contributed by atoms with Gasteiger partial charge in [-0.2, -0.15) is 8.78 Å². The normalized spacial score (nSPS) is 18.1. The molecule has 0 aliphatic carbocycles. The first-order valence-corrected chi connectivity index (χ1v) is 17.8. The summed E-state index contributed by atoms with van der Waals surface area (Å²) in [6, 6.07) is 12.9. The van der Waals surface area contributed by atoms with Crippen LogP contribution in [0.2, 0.25) is 0 Å². The molecule has 0 saturated carbocycles. The van der Waals surface area contributed by atoms with Crippen LogP contribution in [0.5, 0.6) is 5.75 Å². The maximum Gasteiger partial charge on any atom is 0.303 e. The van der Waals surface area contributed by atoms with Crippen molar-refractivity contribution in [2.24, 2.45) is 0 Å². The molecule has 2 aliphatic rings. The lowest BCUT2D eigenvalue weighted by atomic mass is 9.81. The second-order valence-electron chi connectivity index (χ2n) is 13.5. The van der Waals surface area contributed by atoms with Gasteiger partial charge in [-0.25, -0.2) is 0 Å². The van der Waals surface area contributed by atoms with E-state index in [2.05, 4.69) is 105 Å². The van der Waals surface area contributed by atoms with E-state index in [0.717, 1.165) is 43.8 Å². The first-order chi connectivity index (χ1) is 22.9. The molecule has 2 aromatic carbocycles. The fraction of sp³-hybridized carbons (Fsp3) is 0.436. The molecule has 2 aliphatic heterocycles. The first kappa shape index (κ1) is 37.0. The Balaban J connectivity index is 1.50. The third-order valence-corrected chi connectivity index (χ3v) is 9.70. The van der Waals surface area contributed by atoms with Crippen molar-refractivity contribution in [3.05, 3.63) is 101 Å². The number of carboxylic acids is 1. The predicted octanol–water partition coefficient (Wildman–Crippen LogP) is 8.31. The van der Waals surface area contributed by atoms with E-state index >= 15 is 0 Å². The van der Waals surface area contributed by atoms with Gasteiger partial charge in [0.15, 0.2) is 5.71 Å². The summed E-state index contributed by atoms with van der Waals surface area (Å²) >= 11 is -2.24. The van der Waals surface area contributed by atoms with Crippen LogP contribution in [0.3, 0.4) is 0 Å². The number of hydrogen-bond donors (Lipinski definition) is 2. The lowest BCUT2D eigenvalue weighted by Gasteiger charge is -2.27. The van der Waals surface area contributed by atoms with E-state index in [9.17, 15) is 9.00 Å². The molecule has 0 radical (unpaired) electrons. The number of aryl methyl sites for hydroxylation is 1. The number of carboxylic acid groups (broad SMARTS) is 1. The minimum atomic E-state index is -2.24.